The standard InChI is InChI=1S/C18H24F2N2O3S/c1-17(2,3)26(25)21-15-12-8-11(19)9-14(20)13(12)10-18(15)4-6-22(7-5-18)16(23)24/h8-9,15,21H,4-7,10H2,1-3H3,(H,23,24)/t15-,26?/m1/s1. The summed E-state index contributed by atoms with van der Waals surface area (Å²) in [6, 6.07) is 1.72. The van der Waals surface area contributed by atoms with Gasteiger partial charge in [-0.2, -0.15) is 0 Å². The van der Waals surface area contributed by atoms with Crippen molar-refractivity contribution < 1.29 is 22.9 Å². The number of rotatable bonds is 2. The zero-order valence-electron chi connectivity index (χ0n) is 15.1. The Morgan fingerprint density at radius 1 is 1.31 bits per heavy atom. The molecule has 0 bridgehead atoms. The molecule has 1 aliphatic carbocycles. The minimum atomic E-state index is -1.42. The van der Waals surface area contributed by atoms with E-state index in [-0.39, 0.29) is 0 Å². The Labute approximate surface area is 154 Å². The van der Waals surface area contributed by atoms with Crippen molar-refractivity contribution >= 4 is 17.1 Å². The first-order valence-electron chi connectivity index (χ1n) is 8.67. The topological polar surface area (TPSA) is 69.6 Å². The lowest BCUT2D eigenvalue weighted by atomic mass is 9.73. The van der Waals surface area contributed by atoms with Crippen molar-refractivity contribution in [2.75, 3.05) is 13.1 Å². The fourth-order valence-electron chi connectivity index (χ4n) is 3.93. The lowest BCUT2D eigenvalue weighted by molar-refractivity contribution is 0.0766. The highest BCUT2D eigenvalue weighted by atomic mass is 32.2. The summed E-state index contributed by atoms with van der Waals surface area (Å²) in [6.45, 7) is 6.15. The Morgan fingerprint density at radius 2 is 1.92 bits per heavy atom. The van der Waals surface area contributed by atoms with Crippen LogP contribution >= 0.6 is 0 Å². The molecule has 0 radical (unpaired) electrons. The molecule has 5 nitrogen and oxygen atoms in total. The fourth-order valence-corrected chi connectivity index (χ4v) is 4.88. The molecule has 26 heavy (non-hydrogen) atoms. The van der Waals surface area contributed by atoms with Gasteiger partial charge in [-0.3, -0.25) is 0 Å². The molecule has 1 aromatic carbocycles. The molecule has 3 rings (SSSR count). The molecule has 1 saturated heterocycles. The van der Waals surface area contributed by atoms with Crippen LogP contribution in [0.25, 0.3) is 0 Å². The van der Waals surface area contributed by atoms with Crippen molar-refractivity contribution in [1.82, 2.24) is 9.62 Å². The minimum Gasteiger partial charge on any atom is -0.465 e. The number of piperidine rings is 1. The monoisotopic (exact) mass is 386 g/mol. The van der Waals surface area contributed by atoms with Gasteiger partial charge in [0, 0.05) is 19.2 Å². The third-order valence-corrected chi connectivity index (χ3v) is 7.02. The molecule has 1 spiro atoms. The molecule has 1 amide bonds. The van der Waals surface area contributed by atoms with Gasteiger partial charge in [-0.1, -0.05) is 0 Å². The maximum Gasteiger partial charge on any atom is 0.407 e. The highest BCUT2D eigenvalue weighted by Crippen LogP contribution is 2.53. The Morgan fingerprint density at radius 3 is 2.46 bits per heavy atom. The van der Waals surface area contributed by atoms with Crippen LogP contribution in [0.5, 0.6) is 0 Å². The average molecular weight is 386 g/mol. The smallest absolute Gasteiger partial charge is 0.407 e. The second kappa shape index (κ2) is 6.56. The molecular formula is C18H24F2N2O3S. The molecule has 1 aliphatic heterocycles. The van der Waals surface area contributed by atoms with Crippen LogP contribution in [-0.4, -0.2) is 38.1 Å². The number of likely N-dealkylation sites (tertiary alicyclic amines) is 1. The van der Waals surface area contributed by atoms with E-state index in [0.29, 0.717) is 43.5 Å². The number of nitrogens with one attached hydrogen (secondary N) is 1. The highest BCUT2D eigenvalue weighted by molar-refractivity contribution is 7.84. The molecule has 0 saturated carbocycles. The fraction of sp³-hybridized carbons (Fsp3) is 0.611. The average Bonchev–Trinajstić information content (AvgIpc) is 2.81. The molecule has 8 heteroatoms. The third-order valence-electron chi connectivity index (χ3n) is 5.46. The molecule has 1 unspecified atom stereocenters. The summed E-state index contributed by atoms with van der Waals surface area (Å²) in [7, 11) is -1.42. The number of carboxylic acid groups (broad SMARTS) is 1. The first-order valence-corrected chi connectivity index (χ1v) is 9.82. The van der Waals surface area contributed by atoms with E-state index in [4.69, 9.17) is 0 Å². The second-order valence-corrected chi connectivity index (χ2v) is 10.2. The van der Waals surface area contributed by atoms with Crippen LogP contribution in [0, 0.1) is 17.0 Å². The largest absolute Gasteiger partial charge is 0.465 e. The predicted molar refractivity (Wildman–Crippen MR) is 95.1 cm³/mol. The summed E-state index contributed by atoms with van der Waals surface area (Å²) in [4.78, 5) is 12.6. The van der Waals surface area contributed by atoms with Gasteiger partial charge in [0.25, 0.3) is 0 Å². The lowest BCUT2D eigenvalue weighted by Gasteiger charge is -2.43. The molecule has 144 valence electrons. The van der Waals surface area contributed by atoms with E-state index in [0.717, 1.165) is 6.07 Å². The molecule has 1 fully saturated rings. The number of hydrogen-bond acceptors (Lipinski definition) is 2. The van der Waals surface area contributed by atoms with Crippen molar-refractivity contribution in [1.29, 1.82) is 0 Å². The van der Waals surface area contributed by atoms with Gasteiger partial charge in [0.15, 0.2) is 0 Å². The summed E-state index contributed by atoms with van der Waals surface area (Å²) in [5, 5.41) is 9.19. The van der Waals surface area contributed by atoms with E-state index >= 15 is 0 Å². The highest BCUT2D eigenvalue weighted by Gasteiger charge is 2.50. The zero-order chi connectivity index (χ0) is 19.3. The molecule has 0 aromatic heterocycles. The Kier molecular flexibility index (Phi) is 4.85. The van der Waals surface area contributed by atoms with Gasteiger partial charge in [-0.15, -0.1) is 0 Å². The molecule has 1 heterocycles. The van der Waals surface area contributed by atoms with Crippen LogP contribution < -0.4 is 4.72 Å². The van der Waals surface area contributed by atoms with Crippen LogP contribution in [0.1, 0.15) is 50.8 Å². The number of carbonyl (C=O) groups is 1. The minimum absolute atomic E-state index is 0.327. The van der Waals surface area contributed by atoms with E-state index in [1.165, 1.54) is 11.0 Å². The number of hydrogen-bond donors (Lipinski definition) is 2. The van der Waals surface area contributed by atoms with Crippen molar-refractivity contribution in [2.24, 2.45) is 5.41 Å². The molecule has 2 aliphatic rings. The van der Waals surface area contributed by atoms with E-state index in [2.05, 4.69) is 4.72 Å². The molecule has 2 N–H and O–H groups in total. The van der Waals surface area contributed by atoms with Gasteiger partial charge >= 0.3 is 6.09 Å². The maximum absolute atomic E-state index is 14.4. The summed E-state index contributed by atoms with van der Waals surface area (Å²) in [6.07, 6.45) is 0.429. The SMILES string of the molecule is CC(C)(C)S(=O)N[C@@H]1c2cc(F)cc(F)c2CC12CCN(C(=O)O)CC2. The quantitative estimate of drug-likeness (QED) is 0.819. The van der Waals surface area contributed by atoms with Crippen molar-refractivity contribution in [3.8, 4) is 0 Å². The van der Waals surface area contributed by atoms with Gasteiger partial charge in [-0.05, 0) is 62.6 Å². The van der Waals surface area contributed by atoms with E-state index in [9.17, 15) is 22.9 Å². The van der Waals surface area contributed by atoms with Gasteiger partial charge in [0.1, 0.15) is 11.6 Å². The number of halogens is 2. The van der Waals surface area contributed by atoms with Crippen LogP contribution in [0.2, 0.25) is 0 Å². The number of fused-ring (bicyclic) bond motifs is 1. The van der Waals surface area contributed by atoms with Gasteiger partial charge in [0.2, 0.25) is 0 Å². The first-order chi connectivity index (χ1) is 12.0. The summed E-state index contributed by atoms with van der Waals surface area (Å²) in [5.41, 5.74) is 0.478. The normalized spacial score (nSPS) is 23.1. The second-order valence-electron chi connectivity index (χ2n) is 8.20. The van der Waals surface area contributed by atoms with Crippen LogP contribution in [0.15, 0.2) is 12.1 Å². The number of amides is 1. The zero-order valence-corrected chi connectivity index (χ0v) is 16.0. The summed E-state index contributed by atoms with van der Waals surface area (Å²) in [5.74, 6) is -1.25. The van der Waals surface area contributed by atoms with Gasteiger partial charge in [-0.25, -0.2) is 22.5 Å². The van der Waals surface area contributed by atoms with Crippen molar-refractivity contribution in [3.05, 3.63) is 34.9 Å². The van der Waals surface area contributed by atoms with Crippen LogP contribution in [0.3, 0.4) is 0 Å². The van der Waals surface area contributed by atoms with E-state index in [1.54, 1.807) is 0 Å². The molecular weight excluding hydrogens is 362 g/mol. The van der Waals surface area contributed by atoms with Gasteiger partial charge in [0.05, 0.1) is 21.8 Å². The molecule has 1 aromatic rings. The van der Waals surface area contributed by atoms with E-state index in [1.807, 2.05) is 20.8 Å². The molecule has 2 atom stereocenters. The number of benzene rings is 1. The van der Waals surface area contributed by atoms with Crippen molar-refractivity contribution in [2.45, 2.75) is 50.8 Å². The predicted octanol–water partition coefficient (Wildman–Crippen LogP) is 3.37. The maximum atomic E-state index is 14.4. The Hall–Kier alpha value is -1.54. The third kappa shape index (κ3) is 3.36. The summed E-state index contributed by atoms with van der Waals surface area (Å²) >= 11 is 0. The first kappa shape index (κ1) is 19.2. The summed E-state index contributed by atoms with van der Waals surface area (Å²) < 4.78 is 43.5. The number of nitrogens with zero attached hydrogens (tertiary/aromatic N) is 1. The Balaban J connectivity index is 1.98. The van der Waals surface area contributed by atoms with Crippen LogP contribution in [0.4, 0.5) is 13.6 Å². The van der Waals surface area contributed by atoms with Gasteiger partial charge < -0.3 is 10.0 Å². The van der Waals surface area contributed by atoms with Crippen molar-refractivity contribution in [3.63, 3.8) is 0 Å². The Bertz CT molecular complexity index is 756. The lowest BCUT2D eigenvalue weighted by Crippen LogP contribution is -2.48. The van der Waals surface area contributed by atoms with E-state index < -0.39 is 44.9 Å². The van der Waals surface area contributed by atoms with Crippen LogP contribution in [-0.2, 0) is 17.4 Å².